The van der Waals surface area contributed by atoms with Crippen LogP contribution in [0.15, 0.2) is 48.5 Å². The molecular formula is C18H19FN2O3S. The fourth-order valence-corrected chi connectivity index (χ4v) is 3.87. The number of amides is 1. The average Bonchev–Trinajstić information content (AvgIpc) is 2.61. The Morgan fingerprint density at radius 2 is 1.76 bits per heavy atom. The van der Waals surface area contributed by atoms with E-state index in [1.54, 1.807) is 35.2 Å². The zero-order valence-corrected chi connectivity index (χ0v) is 14.4. The van der Waals surface area contributed by atoms with Gasteiger partial charge in [-0.1, -0.05) is 18.2 Å². The number of hydrogen-bond donors (Lipinski definition) is 1. The fourth-order valence-electron chi connectivity index (χ4n) is 2.67. The Hall–Kier alpha value is -2.41. The summed E-state index contributed by atoms with van der Waals surface area (Å²) in [5.74, 6) is -0.414. The molecule has 0 radical (unpaired) electrons. The standard InChI is InChI=1S/C18H19FN2O3S/c19-16-6-4-14(5-7-16)13-20-17-3-1-2-15(12-17)18(22)21-8-10-25(23,24)11-9-21/h1-7,12,20H,8-11,13H2. The van der Waals surface area contributed by atoms with Crippen LogP contribution in [-0.2, 0) is 16.4 Å². The summed E-state index contributed by atoms with van der Waals surface area (Å²) in [6.45, 7) is 0.975. The first kappa shape index (κ1) is 17.4. The predicted octanol–water partition coefficient (Wildman–Crippen LogP) is 2.31. The number of benzene rings is 2. The molecule has 0 aromatic heterocycles. The smallest absolute Gasteiger partial charge is 0.253 e. The number of nitrogens with zero attached hydrogens (tertiary/aromatic N) is 1. The van der Waals surface area contributed by atoms with Gasteiger partial charge in [0.2, 0.25) is 0 Å². The molecule has 25 heavy (non-hydrogen) atoms. The molecule has 0 aliphatic carbocycles. The van der Waals surface area contributed by atoms with Crippen molar-refractivity contribution < 1.29 is 17.6 Å². The van der Waals surface area contributed by atoms with E-state index in [2.05, 4.69) is 5.32 Å². The Bertz CT molecular complexity index is 852. The number of hydrogen-bond acceptors (Lipinski definition) is 4. The summed E-state index contributed by atoms with van der Waals surface area (Å²) in [7, 11) is -3.01. The molecule has 2 aromatic carbocycles. The number of nitrogens with one attached hydrogen (secondary N) is 1. The fraction of sp³-hybridized carbons (Fsp3) is 0.278. The minimum atomic E-state index is -3.01. The molecule has 1 amide bonds. The molecule has 0 saturated carbocycles. The van der Waals surface area contributed by atoms with Crippen molar-refractivity contribution in [2.45, 2.75) is 6.54 Å². The predicted molar refractivity (Wildman–Crippen MR) is 94.7 cm³/mol. The van der Waals surface area contributed by atoms with E-state index >= 15 is 0 Å². The Morgan fingerprint density at radius 1 is 1.08 bits per heavy atom. The van der Waals surface area contributed by atoms with E-state index in [1.807, 2.05) is 6.07 Å². The van der Waals surface area contributed by atoms with Crippen molar-refractivity contribution in [3.05, 3.63) is 65.5 Å². The van der Waals surface area contributed by atoms with Crippen LogP contribution in [0.2, 0.25) is 0 Å². The van der Waals surface area contributed by atoms with Crippen LogP contribution in [0.1, 0.15) is 15.9 Å². The van der Waals surface area contributed by atoms with E-state index in [1.165, 1.54) is 12.1 Å². The molecule has 0 unspecified atom stereocenters. The van der Waals surface area contributed by atoms with Crippen LogP contribution >= 0.6 is 0 Å². The number of anilines is 1. The average molecular weight is 362 g/mol. The zero-order chi connectivity index (χ0) is 17.9. The highest BCUT2D eigenvalue weighted by molar-refractivity contribution is 7.91. The highest BCUT2D eigenvalue weighted by Crippen LogP contribution is 2.16. The second-order valence-corrected chi connectivity index (χ2v) is 8.31. The Morgan fingerprint density at radius 3 is 2.44 bits per heavy atom. The third-order valence-electron chi connectivity index (χ3n) is 4.15. The van der Waals surface area contributed by atoms with Crippen molar-refractivity contribution in [2.75, 3.05) is 29.9 Å². The molecule has 7 heteroatoms. The van der Waals surface area contributed by atoms with E-state index in [0.29, 0.717) is 12.1 Å². The third-order valence-corrected chi connectivity index (χ3v) is 5.76. The Kier molecular flexibility index (Phi) is 5.03. The molecule has 5 nitrogen and oxygen atoms in total. The summed E-state index contributed by atoms with van der Waals surface area (Å²) in [5, 5.41) is 3.20. The highest BCUT2D eigenvalue weighted by Gasteiger charge is 2.25. The lowest BCUT2D eigenvalue weighted by atomic mass is 10.1. The molecule has 1 N–H and O–H groups in total. The van der Waals surface area contributed by atoms with E-state index in [0.717, 1.165) is 11.3 Å². The molecule has 1 aliphatic heterocycles. The number of sulfone groups is 1. The Balaban J connectivity index is 1.64. The van der Waals surface area contributed by atoms with Crippen molar-refractivity contribution in [3.63, 3.8) is 0 Å². The summed E-state index contributed by atoms with van der Waals surface area (Å²) >= 11 is 0. The maximum absolute atomic E-state index is 12.9. The molecule has 0 bridgehead atoms. The number of carbonyl (C=O) groups excluding carboxylic acids is 1. The monoisotopic (exact) mass is 362 g/mol. The number of halogens is 1. The van der Waals surface area contributed by atoms with Gasteiger partial charge in [-0.3, -0.25) is 4.79 Å². The number of carbonyl (C=O) groups is 1. The summed E-state index contributed by atoms with van der Waals surface area (Å²) in [4.78, 5) is 14.1. The normalized spacial score (nSPS) is 16.4. The SMILES string of the molecule is O=C(c1cccc(NCc2ccc(F)cc2)c1)N1CCS(=O)(=O)CC1. The molecule has 1 heterocycles. The van der Waals surface area contributed by atoms with Crippen molar-refractivity contribution >= 4 is 21.4 Å². The summed E-state index contributed by atoms with van der Waals surface area (Å²) in [6.07, 6.45) is 0. The van der Waals surface area contributed by atoms with Crippen LogP contribution in [0.3, 0.4) is 0 Å². The number of rotatable bonds is 4. The zero-order valence-electron chi connectivity index (χ0n) is 13.6. The first-order valence-electron chi connectivity index (χ1n) is 8.01. The van der Waals surface area contributed by atoms with E-state index in [-0.39, 0.29) is 36.3 Å². The quantitative estimate of drug-likeness (QED) is 0.906. The van der Waals surface area contributed by atoms with Gasteiger partial charge >= 0.3 is 0 Å². The molecule has 132 valence electrons. The molecule has 1 fully saturated rings. The lowest BCUT2D eigenvalue weighted by molar-refractivity contribution is 0.0770. The van der Waals surface area contributed by atoms with Crippen molar-refractivity contribution in [1.29, 1.82) is 0 Å². The summed E-state index contributed by atoms with van der Waals surface area (Å²) in [6, 6.07) is 13.3. The van der Waals surface area contributed by atoms with Crippen molar-refractivity contribution in [3.8, 4) is 0 Å². The Labute approximate surface area is 146 Å². The van der Waals surface area contributed by atoms with Crippen molar-refractivity contribution in [1.82, 2.24) is 4.90 Å². The third kappa shape index (κ3) is 4.57. The molecule has 1 aliphatic rings. The lowest BCUT2D eigenvalue weighted by Gasteiger charge is -2.26. The molecule has 1 saturated heterocycles. The van der Waals surface area contributed by atoms with E-state index in [9.17, 15) is 17.6 Å². The second kappa shape index (κ2) is 7.23. The minimum absolute atomic E-state index is 0.0151. The van der Waals surface area contributed by atoms with Gasteiger partial charge in [0, 0.05) is 30.9 Å². The van der Waals surface area contributed by atoms with Crippen LogP contribution in [0.4, 0.5) is 10.1 Å². The van der Waals surface area contributed by atoms with Gasteiger partial charge in [-0.05, 0) is 35.9 Å². The van der Waals surface area contributed by atoms with Gasteiger partial charge in [0.05, 0.1) is 11.5 Å². The molecule has 0 atom stereocenters. The molecule has 3 rings (SSSR count). The van der Waals surface area contributed by atoms with Gasteiger partial charge in [0.25, 0.3) is 5.91 Å². The van der Waals surface area contributed by atoms with E-state index in [4.69, 9.17) is 0 Å². The maximum Gasteiger partial charge on any atom is 0.253 e. The minimum Gasteiger partial charge on any atom is -0.381 e. The second-order valence-electron chi connectivity index (χ2n) is 6.00. The van der Waals surface area contributed by atoms with Gasteiger partial charge < -0.3 is 10.2 Å². The van der Waals surface area contributed by atoms with Crippen LogP contribution < -0.4 is 5.32 Å². The maximum atomic E-state index is 12.9. The van der Waals surface area contributed by atoms with Crippen molar-refractivity contribution in [2.24, 2.45) is 0 Å². The van der Waals surface area contributed by atoms with Gasteiger partial charge in [-0.15, -0.1) is 0 Å². The first-order chi connectivity index (χ1) is 11.9. The molecular weight excluding hydrogens is 343 g/mol. The van der Waals surface area contributed by atoms with Gasteiger partial charge in [0.1, 0.15) is 5.82 Å². The van der Waals surface area contributed by atoms with Crippen LogP contribution in [0.25, 0.3) is 0 Å². The van der Waals surface area contributed by atoms with Gasteiger partial charge in [-0.2, -0.15) is 0 Å². The summed E-state index contributed by atoms with van der Waals surface area (Å²) < 4.78 is 35.9. The largest absolute Gasteiger partial charge is 0.381 e. The molecule has 2 aromatic rings. The van der Waals surface area contributed by atoms with Gasteiger partial charge in [-0.25, -0.2) is 12.8 Å². The first-order valence-corrected chi connectivity index (χ1v) is 9.83. The highest BCUT2D eigenvalue weighted by atomic mass is 32.2. The van der Waals surface area contributed by atoms with Crippen LogP contribution in [0, 0.1) is 5.82 Å². The molecule has 0 spiro atoms. The topological polar surface area (TPSA) is 66.5 Å². The van der Waals surface area contributed by atoms with Crippen LogP contribution in [-0.4, -0.2) is 43.8 Å². The van der Waals surface area contributed by atoms with Gasteiger partial charge in [0.15, 0.2) is 9.84 Å². The lowest BCUT2D eigenvalue weighted by Crippen LogP contribution is -2.43. The van der Waals surface area contributed by atoms with E-state index < -0.39 is 9.84 Å². The summed E-state index contributed by atoms with van der Waals surface area (Å²) in [5.41, 5.74) is 2.22. The van der Waals surface area contributed by atoms with Crippen LogP contribution in [0.5, 0.6) is 0 Å².